The standard InChI is InChI=1S/C23H23F5N6O2/c24-13-6-5-12(10-14(13)25)34-19-17(22(20(34)35)7-1-2-8-22)18(29)31-16(32-19)11-36-21(30)33-9-3-4-15(33)23(26,27)28/h5-6,10,15,30H,1-4,7-9,11H2,(H2,29,31,32)/t15-/m1/s1. The third-order valence-corrected chi connectivity index (χ3v) is 7.12. The lowest BCUT2D eigenvalue weighted by molar-refractivity contribution is -0.169. The number of nitrogen functional groups attached to an aromatic ring is 1. The third kappa shape index (κ3) is 3.80. The van der Waals surface area contributed by atoms with Crippen LogP contribution in [0.15, 0.2) is 18.2 Å². The van der Waals surface area contributed by atoms with Crippen molar-refractivity contribution < 1.29 is 31.5 Å². The van der Waals surface area contributed by atoms with E-state index >= 15 is 0 Å². The van der Waals surface area contributed by atoms with E-state index in [1.807, 2.05) is 0 Å². The zero-order valence-corrected chi connectivity index (χ0v) is 19.0. The van der Waals surface area contributed by atoms with Gasteiger partial charge in [0.15, 0.2) is 24.1 Å². The number of nitrogens with zero attached hydrogens (tertiary/aromatic N) is 4. The van der Waals surface area contributed by atoms with Crippen molar-refractivity contribution in [2.75, 3.05) is 17.2 Å². The summed E-state index contributed by atoms with van der Waals surface area (Å²) in [6.45, 7) is -0.443. The molecule has 8 nitrogen and oxygen atoms in total. The van der Waals surface area contributed by atoms with Crippen LogP contribution < -0.4 is 10.6 Å². The fraction of sp³-hybridized carbons (Fsp3) is 0.478. The fourth-order valence-electron chi connectivity index (χ4n) is 5.49. The summed E-state index contributed by atoms with van der Waals surface area (Å²) in [4.78, 5) is 24.2. The molecule has 192 valence electrons. The predicted molar refractivity (Wildman–Crippen MR) is 118 cm³/mol. The highest BCUT2D eigenvalue weighted by atomic mass is 19.4. The molecule has 13 heteroatoms. The summed E-state index contributed by atoms with van der Waals surface area (Å²) in [6.07, 6.45) is -1.87. The van der Waals surface area contributed by atoms with Crippen molar-refractivity contribution in [1.29, 1.82) is 5.41 Å². The van der Waals surface area contributed by atoms with Crippen LogP contribution in [-0.4, -0.2) is 45.6 Å². The molecule has 1 amide bonds. The average molecular weight is 510 g/mol. The normalized spacial score (nSPS) is 20.9. The molecule has 1 aromatic carbocycles. The number of nitrogens with two attached hydrogens (primary N) is 1. The van der Waals surface area contributed by atoms with E-state index in [0.717, 1.165) is 29.9 Å². The van der Waals surface area contributed by atoms with Crippen molar-refractivity contribution in [3.8, 4) is 0 Å². The zero-order chi connectivity index (χ0) is 25.8. The van der Waals surface area contributed by atoms with Crippen LogP contribution in [0.4, 0.5) is 39.3 Å². The maximum absolute atomic E-state index is 14.0. The molecule has 2 aromatic rings. The molecule has 36 heavy (non-hydrogen) atoms. The van der Waals surface area contributed by atoms with Gasteiger partial charge in [-0.2, -0.15) is 13.2 Å². The molecule has 2 aliphatic heterocycles. The van der Waals surface area contributed by atoms with Gasteiger partial charge in [-0.1, -0.05) is 12.8 Å². The molecular weight excluding hydrogens is 487 g/mol. The van der Waals surface area contributed by atoms with Crippen LogP contribution in [0.25, 0.3) is 0 Å². The van der Waals surface area contributed by atoms with Crippen LogP contribution in [0, 0.1) is 17.0 Å². The number of anilines is 3. The lowest BCUT2D eigenvalue weighted by atomic mass is 9.80. The Morgan fingerprint density at radius 2 is 1.89 bits per heavy atom. The maximum atomic E-state index is 14.0. The predicted octanol–water partition coefficient (Wildman–Crippen LogP) is 4.31. The molecule has 1 saturated carbocycles. The SMILES string of the molecule is N=C(OCc1nc(N)c2c(n1)N(c1ccc(F)c(F)c1)C(=O)C21CCCC1)N1CCC[C@@H]1C(F)(F)F. The number of hydrogen-bond acceptors (Lipinski definition) is 6. The molecular formula is C23H23F5N6O2. The van der Waals surface area contributed by atoms with Crippen molar-refractivity contribution in [1.82, 2.24) is 14.9 Å². The van der Waals surface area contributed by atoms with E-state index in [1.165, 1.54) is 11.0 Å². The molecule has 3 N–H and O–H groups in total. The maximum Gasteiger partial charge on any atom is 0.408 e. The second kappa shape index (κ2) is 8.56. The lowest BCUT2D eigenvalue weighted by Crippen LogP contribution is -2.45. The monoisotopic (exact) mass is 510 g/mol. The van der Waals surface area contributed by atoms with Gasteiger partial charge in [-0.25, -0.2) is 18.7 Å². The minimum absolute atomic E-state index is 0.000181. The summed E-state index contributed by atoms with van der Waals surface area (Å²) in [6, 6.07) is 0.571. The number of carbonyl (C=O) groups is 1. The molecule has 1 spiro atoms. The fourth-order valence-corrected chi connectivity index (χ4v) is 5.49. The molecule has 1 aliphatic carbocycles. The molecule has 1 saturated heterocycles. The van der Waals surface area contributed by atoms with E-state index in [1.54, 1.807) is 0 Å². The van der Waals surface area contributed by atoms with Crippen LogP contribution in [-0.2, 0) is 21.6 Å². The first kappa shape index (κ1) is 24.2. The van der Waals surface area contributed by atoms with E-state index in [-0.39, 0.29) is 48.4 Å². The van der Waals surface area contributed by atoms with Crippen molar-refractivity contribution in [2.45, 2.75) is 62.8 Å². The molecule has 5 rings (SSSR count). The van der Waals surface area contributed by atoms with E-state index in [0.29, 0.717) is 18.4 Å². The molecule has 0 bridgehead atoms. The number of fused-ring (bicyclic) bond motifs is 2. The Labute approximate surface area is 202 Å². The number of carbonyl (C=O) groups excluding carboxylic acids is 1. The Morgan fingerprint density at radius 3 is 2.56 bits per heavy atom. The zero-order valence-electron chi connectivity index (χ0n) is 19.0. The number of rotatable bonds is 3. The Kier molecular flexibility index (Phi) is 5.75. The van der Waals surface area contributed by atoms with Crippen molar-refractivity contribution in [3.63, 3.8) is 0 Å². The van der Waals surface area contributed by atoms with Gasteiger partial charge in [-0.05, 0) is 37.8 Å². The highest BCUT2D eigenvalue weighted by Gasteiger charge is 2.55. The first-order chi connectivity index (χ1) is 17.0. The summed E-state index contributed by atoms with van der Waals surface area (Å²) in [7, 11) is 0. The molecule has 0 radical (unpaired) electrons. The highest BCUT2D eigenvalue weighted by Crippen LogP contribution is 2.54. The Morgan fingerprint density at radius 1 is 1.17 bits per heavy atom. The smallest absolute Gasteiger partial charge is 0.408 e. The number of alkyl halides is 3. The molecule has 3 aliphatic rings. The van der Waals surface area contributed by atoms with Crippen LogP contribution in [0.2, 0.25) is 0 Å². The van der Waals surface area contributed by atoms with Gasteiger partial charge in [0.25, 0.3) is 6.02 Å². The third-order valence-electron chi connectivity index (χ3n) is 7.12. The van der Waals surface area contributed by atoms with Crippen LogP contribution >= 0.6 is 0 Å². The van der Waals surface area contributed by atoms with E-state index in [2.05, 4.69) is 9.97 Å². The summed E-state index contributed by atoms with van der Waals surface area (Å²) >= 11 is 0. The van der Waals surface area contributed by atoms with E-state index in [4.69, 9.17) is 15.9 Å². The Balaban J connectivity index is 1.47. The number of benzene rings is 1. The van der Waals surface area contributed by atoms with Gasteiger partial charge in [0.05, 0.1) is 16.7 Å². The van der Waals surface area contributed by atoms with Crippen molar-refractivity contribution in [2.24, 2.45) is 0 Å². The van der Waals surface area contributed by atoms with E-state index < -0.39 is 41.9 Å². The lowest BCUT2D eigenvalue weighted by Gasteiger charge is -2.27. The molecule has 1 atom stereocenters. The summed E-state index contributed by atoms with van der Waals surface area (Å²) < 4.78 is 72.7. The first-order valence-electron chi connectivity index (χ1n) is 11.5. The molecule has 2 fully saturated rings. The minimum atomic E-state index is -4.50. The summed E-state index contributed by atoms with van der Waals surface area (Å²) in [5.41, 5.74) is 5.72. The minimum Gasteiger partial charge on any atom is -0.457 e. The summed E-state index contributed by atoms with van der Waals surface area (Å²) in [5, 5.41) is 8.01. The number of ether oxygens (including phenoxy) is 1. The molecule has 3 heterocycles. The van der Waals surface area contributed by atoms with Crippen LogP contribution in [0.3, 0.4) is 0 Å². The Bertz CT molecular complexity index is 1230. The number of amides is 1. The van der Waals surface area contributed by atoms with Crippen LogP contribution in [0.5, 0.6) is 0 Å². The van der Waals surface area contributed by atoms with Crippen molar-refractivity contribution >= 4 is 29.3 Å². The van der Waals surface area contributed by atoms with Crippen LogP contribution in [0.1, 0.15) is 49.9 Å². The average Bonchev–Trinajstić information content (AvgIpc) is 3.54. The second-order valence-electron chi connectivity index (χ2n) is 9.24. The van der Waals surface area contributed by atoms with Crippen molar-refractivity contribution in [3.05, 3.63) is 41.2 Å². The number of nitrogens with one attached hydrogen (secondary N) is 1. The molecule has 1 aromatic heterocycles. The largest absolute Gasteiger partial charge is 0.457 e. The van der Waals surface area contributed by atoms with Gasteiger partial charge in [0, 0.05) is 12.6 Å². The topological polar surface area (TPSA) is 108 Å². The number of likely N-dealkylation sites (tertiary alicyclic amines) is 1. The first-order valence-corrected chi connectivity index (χ1v) is 11.5. The number of hydrogen-bond donors (Lipinski definition) is 2. The van der Waals surface area contributed by atoms with Gasteiger partial charge in [0.2, 0.25) is 5.91 Å². The number of halogens is 5. The number of amidine groups is 1. The van der Waals surface area contributed by atoms with Gasteiger partial charge in [-0.15, -0.1) is 0 Å². The number of aromatic nitrogens is 2. The van der Waals surface area contributed by atoms with Gasteiger partial charge >= 0.3 is 6.18 Å². The van der Waals surface area contributed by atoms with Gasteiger partial charge in [-0.3, -0.25) is 15.1 Å². The quantitative estimate of drug-likeness (QED) is 0.362. The summed E-state index contributed by atoms with van der Waals surface area (Å²) in [5.74, 6) is -2.56. The Hall–Kier alpha value is -3.51. The second-order valence-corrected chi connectivity index (χ2v) is 9.24. The highest BCUT2D eigenvalue weighted by molar-refractivity contribution is 6.13. The van der Waals surface area contributed by atoms with Gasteiger partial charge in [0.1, 0.15) is 17.7 Å². The van der Waals surface area contributed by atoms with Gasteiger partial charge < -0.3 is 15.4 Å². The molecule has 0 unspecified atom stereocenters. The van der Waals surface area contributed by atoms with E-state index in [9.17, 15) is 26.7 Å².